The van der Waals surface area contributed by atoms with Gasteiger partial charge in [0.15, 0.2) is 0 Å². The van der Waals surface area contributed by atoms with Crippen LogP contribution in [0.2, 0.25) is 0 Å². The molecule has 0 aliphatic carbocycles. The molecule has 0 spiro atoms. The summed E-state index contributed by atoms with van der Waals surface area (Å²) < 4.78 is 15.3. The van der Waals surface area contributed by atoms with Gasteiger partial charge in [-0.1, -0.05) is 0 Å². The molecule has 6 heteroatoms. The Kier molecular flexibility index (Phi) is 4.74. The Balaban J connectivity index is 2.61. The van der Waals surface area contributed by atoms with Crippen molar-refractivity contribution in [3.05, 3.63) is 40.6 Å². The second-order valence-corrected chi connectivity index (χ2v) is 4.98. The largest absolute Gasteiger partial charge is 0.497 e. The van der Waals surface area contributed by atoms with Gasteiger partial charge in [-0.3, -0.25) is 4.79 Å². The van der Waals surface area contributed by atoms with E-state index in [1.165, 1.54) is 19.1 Å². The molecule has 2 rings (SSSR count). The van der Waals surface area contributed by atoms with Crippen LogP contribution >= 0.6 is 0 Å². The Morgan fingerprint density at radius 3 is 2.43 bits per heavy atom. The van der Waals surface area contributed by atoms with E-state index in [0.717, 1.165) is 0 Å². The highest BCUT2D eigenvalue weighted by molar-refractivity contribution is 6.16. The number of benzene rings is 1. The molecule has 6 nitrogen and oxygen atoms in total. The second kappa shape index (κ2) is 6.56. The summed E-state index contributed by atoms with van der Waals surface area (Å²) in [5.74, 6) is 0.375. The quantitative estimate of drug-likeness (QED) is 0.628. The first-order valence-electron chi connectivity index (χ1n) is 6.96. The van der Waals surface area contributed by atoms with Crippen molar-refractivity contribution in [2.24, 2.45) is 0 Å². The number of hydrogen-bond acceptors (Lipinski definition) is 5. The van der Waals surface area contributed by atoms with Gasteiger partial charge in [-0.05, 0) is 31.2 Å². The van der Waals surface area contributed by atoms with Crippen LogP contribution in [0, 0.1) is 0 Å². The molecule has 0 radical (unpaired) electrons. The van der Waals surface area contributed by atoms with Crippen LogP contribution in [0.5, 0.6) is 11.5 Å². The van der Waals surface area contributed by atoms with E-state index in [2.05, 4.69) is 0 Å². The number of hydrogen-bond donors (Lipinski definition) is 0. The number of carbonyl (C=O) groups excluding carboxylic acids is 2. The minimum absolute atomic E-state index is 0.255. The van der Waals surface area contributed by atoms with Crippen molar-refractivity contribution in [3.8, 4) is 11.5 Å². The number of amides is 1. The van der Waals surface area contributed by atoms with Crippen LogP contribution in [0.3, 0.4) is 0 Å². The summed E-state index contributed by atoms with van der Waals surface area (Å²) in [4.78, 5) is 25.9. The Labute approximate surface area is 134 Å². The van der Waals surface area contributed by atoms with Crippen molar-refractivity contribution < 1.29 is 23.8 Å². The maximum atomic E-state index is 12.4. The molecular weight excluding hydrogens is 298 g/mol. The first-order chi connectivity index (χ1) is 10.9. The summed E-state index contributed by atoms with van der Waals surface area (Å²) in [5.41, 5.74) is 1.71. The molecule has 23 heavy (non-hydrogen) atoms. The number of rotatable bonds is 4. The normalized spacial score (nSPS) is 16.1. The van der Waals surface area contributed by atoms with E-state index in [9.17, 15) is 9.59 Å². The van der Waals surface area contributed by atoms with Crippen LogP contribution in [0.15, 0.2) is 35.0 Å². The lowest BCUT2D eigenvalue weighted by Crippen LogP contribution is -2.19. The summed E-state index contributed by atoms with van der Waals surface area (Å²) in [6.45, 7) is 1.70. The number of methoxy groups -OCH3 is 3. The minimum atomic E-state index is -0.548. The summed E-state index contributed by atoms with van der Waals surface area (Å²) in [5, 5.41) is 0. The van der Waals surface area contributed by atoms with E-state index < -0.39 is 5.97 Å². The fourth-order valence-corrected chi connectivity index (χ4v) is 2.40. The first kappa shape index (κ1) is 16.6. The molecule has 0 saturated carbocycles. The molecule has 1 aromatic rings. The predicted molar refractivity (Wildman–Crippen MR) is 85.0 cm³/mol. The lowest BCUT2D eigenvalue weighted by molar-refractivity contribution is -0.136. The van der Waals surface area contributed by atoms with Gasteiger partial charge in [0.25, 0.3) is 5.91 Å². The number of ether oxygens (including phenoxy) is 3. The van der Waals surface area contributed by atoms with E-state index in [-0.39, 0.29) is 17.1 Å². The lowest BCUT2D eigenvalue weighted by atomic mass is 10.0. The average molecular weight is 317 g/mol. The Morgan fingerprint density at radius 2 is 1.87 bits per heavy atom. The van der Waals surface area contributed by atoms with Crippen LogP contribution in [-0.4, -0.2) is 45.2 Å². The van der Waals surface area contributed by atoms with Crippen molar-refractivity contribution in [1.82, 2.24) is 4.90 Å². The van der Waals surface area contributed by atoms with Gasteiger partial charge in [0.05, 0.1) is 32.5 Å². The van der Waals surface area contributed by atoms with Crippen LogP contribution in [-0.2, 0) is 14.3 Å². The fourth-order valence-electron chi connectivity index (χ4n) is 2.40. The molecule has 0 N–H and O–H groups in total. The standard InChI is InChI=1S/C17H19NO5/c1-10-15(17(20)23-5)13(16(19)18(10)2)9-11-8-12(21-3)6-7-14(11)22-4/h6-9H,1-5H3. The zero-order chi connectivity index (χ0) is 17.1. The van der Waals surface area contributed by atoms with Gasteiger partial charge in [0.2, 0.25) is 0 Å². The maximum Gasteiger partial charge on any atom is 0.340 e. The van der Waals surface area contributed by atoms with Gasteiger partial charge in [-0.2, -0.15) is 0 Å². The molecule has 0 saturated heterocycles. The summed E-state index contributed by atoms with van der Waals surface area (Å²) >= 11 is 0. The third-order valence-corrected chi connectivity index (χ3v) is 3.80. The van der Waals surface area contributed by atoms with E-state index >= 15 is 0 Å². The molecule has 1 aliphatic rings. The third-order valence-electron chi connectivity index (χ3n) is 3.80. The van der Waals surface area contributed by atoms with Gasteiger partial charge in [-0.25, -0.2) is 4.79 Å². The Bertz CT molecular complexity index is 718. The molecule has 0 aromatic heterocycles. The first-order valence-corrected chi connectivity index (χ1v) is 6.96. The monoisotopic (exact) mass is 317 g/mol. The van der Waals surface area contributed by atoms with Crippen molar-refractivity contribution in [3.63, 3.8) is 0 Å². The van der Waals surface area contributed by atoms with Gasteiger partial charge in [0.1, 0.15) is 11.5 Å². The molecule has 0 atom stereocenters. The highest BCUT2D eigenvalue weighted by Crippen LogP contribution is 2.33. The van der Waals surface area contributed by atoms with Gasteiger partial charge in [-0.15, -0.1) is 0 Å². The Morgan fingerprint density at radius 1 is 1.17 bits per heavy atom. The fraction of sp³-hybridized carbons (Fsp3) is 0.294. The average Bonchev–Trinajstić information content (AvgIpc) is 2.78. The van der Waals surface area contributed by atoms with E-state index in [1.54, 1.807) is 45.4 Å². The second-order valence-electron chi connectivity index (χ2n) is 4.98. The molecular formula is C17H19NO5. The van der Waals surface area contributed by atoms with E-state index in [1.807, 2.05) is 0 Å². The smallest absolute Gasteiger partial charge is 0.340 e. The third kappa shape index (κ3) is 2.92. The van der Waals surface area contributed by atoms with Crippen LogP contribution < -0.4 is 9.47 Å². The zero-order valence-corrected chi connectivity index (χ0v) is 13.8. The highest BCUT2D eigenvalue weighted by Gasteiger charge is 2.35. The lowest BCUT2D eigenvalue weighted by Gasteiger charge is -2.10. The zero-order valence-electron chi connectivity index (χ0n) is 13.8. The summed E-state index contributed by atoms with van der Waals surface area (Å²) in [6.07, 6.45) is 1.61. The predicted octanol–water partition coefficient (Wildman–Crippen LogP) is 2.01. The minimum Gasteiger partial charge on any atom is -0.497 e. The van der Waals surface area contributed by atoms with Gasteiger partial charge >= 0.3 is 5.97 Å². The molecule has 0 bridgehead atoms. The molecule has 0 unspecified atom stereocenters. The van der Waals surface area contributed by atoms with Crippen molar-refractivity contribution in [2.75, 3.05) is 28.4 Å². The van der Waals surface area contributed by atoms with Crippen molar-refractivity contribution in [1.29, 1.82) is 0 Å². The summed E-state index contributed by atoms with van der Waals surface area (Å²) in [7, 11) is 5.99. The summed E-state index contributed by atoms with van der Waals surface area (Å²) in [6, 6.07) is 5.23. The van der Waals surface area contributed by atoms with Crippen LogP contribution in [0.4, 0.5) is 0 Å². The van der Waals surface area contributed by atoms with E-state index in [4.69, 9.17) is 14.2 Å². The molecule has 0 fully saturated rings. The Hall–Kier alpha value is -2.76. The van der Waals surface area contributed by atoms with Gasteiger partial charge < -0.3 is 19.1 Å². The molecule has 1 heterocycles. The number of likely N-dealkylation sites (N-methyl/N-ethyl adjacent to an activating group) is 1. The number of carbonyl (C=O) groups is 2. The number of allylic oxidation sites excluding steroid dienone is 1. The van der Waals surface area contributed by atoms with Gasteiger partial charge in [0, 0.05) is 18.3 Å². The maximum absolute atomic E-state index is 12.4. The van der Waals surface area contributed by atoms with E-state index in [0.29, 0.717) is 22.8 Å². The highest BCUT2D eigenvalue weighted by atomic mass is 16.5. The molecule has 1 amide bonds. The number of nitrogens with zero attached hydrogens (tertiary/aromatic N) is 1. The van der Waals surface area contributed by atoms with Crippen molar-refractivity contribution in [2.45, 2.75) is 6.92 Å². The molecule has 122 valence electrons. The number of esters is 1. The van der Waals surface area contributed by atoms with Crippen LogP contribution in [0.25, 0.3) is 6.08 Å². The SMILES string of the molecule is COC(=O)C1=C(C)N(C)C(=O)C1=Cc1cc(OC)ccc1OC. The molecule has 1 aliphatic heterocycles. The van der Waals surface area contributed by atoms with Crippen molar-refractivity contribution >= 4 is 18.0 Å². The van der Waals surface area contributed by atoms with Crippen LogP contribution in [0.1, 0.15) is 12.5 Å². The molecule has 1 aromatic carbocycles. The topological polar surface area (TPSA) is 65.1 Å².